The van der Waals surface area contributed by atoms with Gasteiger partial charge in [-0.15, -0.1) is 0 Å². The monoisotopic (exact) mass is 106 g/mol. The number of hydrogen-bond acceptors (Lipinski definition) is 2. The molecule has 5 heavy (non-hydrogen) atoms. The van der Waals surface area contributed by atoms with Gasteiger partial charge in [0.1, 0.15) is 0 Å². The topological polar surface area (TPSA) is 81.7 Å². The number of hydrogen-bond donors (Lipinski definition) is 1. The average molecular weight is 106 g/mol. The Hall–Kier alpha value is 1.52. The van der Waals surface area contributed by atoms with E-state index in [2.05, 4.69) is 0 Å². The quantitative estimate of drug-likeness (QED) is 0.316. The third-order valence-corrected chi connectivity index (χ3v) is 0. The van der Waals surface area contributed by atoms with Gasteiger partial charge in [-0.25, -0.2) is 0 Å². The summed E-state index contributed by atoms with van der Waals surface area (Å²) in [6.07, 6.45) is 0. The molecule has 3 nitrogen and oxygen atoms in total. The van der Waals surface area contributed by atoms with Gasteiger partial charge in [-0.3, -0.25) is 0 Å². The maximum absolute atomic E-state index is 7.00. The van der Waals surface area contributed by atoms with Crippen LogP contribution < -0.4 is 51.4 Å². The summed E-state index contributed by atoms with van der Waals surface area (Å²) in [4.78, 5) is 0. The van der Waals surface area contributed by atoms with Gasteiger partial charge < -0.3 is 16.1 Å². The molecule has 0 atom stereocenters. The van der Waals surface area contributed by atoms with E-state index >= 15 is 0 Å². The van der Waals surface area contributed by atoms with Gasteiger partial charge in [0, 0.05) is 7.11 Å². The summed E-state index contributed by atoms with van der Waals surface area (Å²) in [7, 11) is 1.00. The van der Waals surface area contributed by atoms with Crippen LogP contribution in [-0.4, -0.2) is 23.2 Å². The first kappa shape index (κ1) is 31.3. The Morgan fingerprint density at radius 3 is 1.20 bits per heavy atom. The molecule has 0 aromatic carbocycles. The first-order valence-electron chi connectivity index (χ1n) is 0.447. The van der Waals surface area contributed by atoms with Crippen LogP contribution in [0.1, 0.15) is 0 Å². The Morgan fingerprint density at radius 1 is 1.20 bits per heavy atom. The standard InChI is InChI=1S/CH4O.K.2H2O/c1-2;;;/h2H,1H3;;2*1H2/q;+1;;/p-1. The second-order valence-corrected chi connectivity index (χ2v) is 0. The van der Waals surface area contributed by atoms with Gasteiger partial charge in [0.15, 0.2) is 0 Å². The van der Waals surface area contributed by atoms with Gasteiger partial charge in [-0.1, -0.05) is 0 Å². The van der Waals surface area contributed by atoms with Crippen LogP contribution in [0, 0.1) is 0 Å². The third kappa shape index (κ3) is 29.7. The van der Waals surface area contributed by atoms with Crippen molar-refractivity contribution in [3.63, 3.8) is 0 Å². The molecule has 0 saturated heterocycles. The van der Waals surface area contributed by atoms with Crippen molar-refractivity contribution in [3.8, 4) is 0 Å². The van der Waals surface area contributed by atoms with Crippen molar-refractivity contribution in [1.29, 1.82) is 0 Å². The minimum Gasteiger partial charge on any atom is -0.870 e. The van der Waals surface area contributed by atoms with Crippen molar-refractivity contribution >= 4 is 0 Å². The van der Waals surface area contributed by atoms with E-state index in [1.807, 2.05) is 0 Å². The maximum Gasteiger partial charge on any atom is 1.00 e. The Labute approximate surface area is 73.4 Å². The summed E-state index contributed by atoms with van der Waals surface area (Å²) in [5, 5.41) is 7.00. The first-order valence-corrected chi connectivity index (χ1v) is 0.447. The van der Waals surface area contributed by atoms with Crippen LogP contribution in [0.3, 0.4) is 0 Å². The Bertz CT molecular complexity index is 6.85. The van der Waals surface area contributed by atoms with Gasteiger partial charge in [0.25, 0.3) is 0 Å². The number of aliphatic hydroxyl groups excluding tert-OH is 1. The zero-order valence-corrected chi connectivity index (χ0v) is 6.52. The summed E-state index contributed by atoms with van der Waals surface area (Å²) in [5.41, 5.74) is 0. The fraction of sp³-hybridized carbons (Fsp3) is 1.00. The molecular weight excluding hydrogens is 99.1 g/mol. The van der Waals surface area contributed by atoms with Crippen molar-refractivity contribution < 1.29 is 67.4 Å². The van der Waals surface area contributed by atoms with Gasteiger partial charge in [0.05, 0.1) is 0 Å². The second-order valence-electron chi connectivity index (χ2n) is 0. The molecule has 4 heteroatoms. The van der Waals surface area contributed by atoms with Crippen molar-refractivity contribution in [2.24, 2.45) is 0 Å². The fourth-order valence-corrected chi connectivity index (χ4v) is 0. The van der Waals surface area contributed by atoms with Gasteiger partial charge in [-0.05, 0) is 0 Å². The zero-order valence-electron chi connectivity index (χ0n) is 3.39. The molecule has 0 amide bonds. The molecule has 0 unspecified atom stereocenters. The molecule has 0 aromatic rings. The molecule has 0 aromatic heterocycles. The number of aliphatic hydroxyl groups is 1. The van der Waals surface area contributed by atoms with E-state index in [-0.39, 0.29) is 62.3 Å². The summed E-state index contributed by atoms with van der Waals surface area (Å²) in [6.45, 7) is 0. The predicted octanol–water partition coefficient (Wildman–Crippen LogP) is -4.39. The third-order valence-electron chi connectivity index (χ3n) is 0. The first-order chi connectivity index (χ1) is 1.00. The smallest absolute Gasteiger partial charge is 0.870 e. The van der Waals surface area contributed by atoms with Crippen molar-refractivity contribution in [1.82, 2.24) is 0 Å². The molecule has 0 saturated carbocycles. The summed E-state index contributed by atoms with van der Waals surface area (Å²) >= 11 is 0. The summed E-state index contributed by atoms with van der Waals surface area (Å²) < 4.78 is 0. The molecule has 0 aliphatic rings. The molecule has 0 fully saturated rings. The predicted molar refractivity (Wildman–Crippen MR) is 13.7 cm³/mol. The number of rotatable bonds is 0. The largest absolute Gasteiger partial charge is 1.00 e. The molecule has 30 valence electrons. The molecule has 0 aliphatic heterocycles. The molecular formula is CH7KO3. The molecule has 4 N–H and O–H groups in total. The molecule has 0 heterocycles. The molecule has 0 bridgehead atoms. The van der Waals surface area contributed by atoms with E-state index in [1.54, 1.807) is 0 Å². The van der Waals surface area contributed by atoms with Crippen LogP contribution in [0.4, 0.5) is 0 Å². The van der Waals surface area contributed by atoms with E-state index in [0.717, 1.165) is 7.11 Å². The van der Waals surface area contributed by atoms with Crippen molar-refractivity contribution in [2.45, 2.75) is 0 Å². The molecule has 0 spiro atoms. The minimum atomic E-state index is 0. The molecule has 0 rings (SSSR count). The zero-order chi connectivity index (χ0) is 2.00. The van der Waals surface area contributed by atoms with Crippen molar-refractivity contribution in [3.05, 3.63) is 0 Å². The Balaban J connectivity index is -0.00000000167. The SMILES string of the molecule is CO.O.[K+].[OH-]. The van der Waals surface area contributed by atoms with E-state index < -0.39 is 0 Å². The summed E-state index contributed by atoms with van der Waals surface area (Å²) in [5.74, 6) is 0. The Morgan fingerprint density at radius 2 is 1.20 bits per heavy atom. The van der Waals surface area contributed by atoms with E-state index in [1.165, 1.54) is 0 Å². The molecule has 0 aliphatic carbocycles. The average Bonchev–Trinajstić information content (AvgIpc) is 1.00. The van der Waals surface area contributed by atoms with Crippen LogP contribution in [-0.2, 0) is 0 Å². The van der Waals surface area contributed by atoms with Crippen LogP contribution in [0.15, 0.2) is 0 Å². The van der Waals surface area contributed by atoms with Gasteiger partial charge in [-0.2, -0.15) is 0 Å². The normalized spacial score (nSPS) is 1.20. The second kappa shape index (κ2) is 48.9. The fourth-order valence-electron chi connectivity index (χ4n) is 0. The van der Waals surface area contributed by atoms with Crippen molar-refractivity contribution in [2.75, 3.05) is 7.11 Å². The maximum atomic E-state index is 7.00. The van der Waals surface area contributed by atoms with Gasteiger partial charge >= 0.3 is 51.4 Å². The minimum absolute atomic E-state index is 0. The van der Waals surface area contributed by atoms with Gasteiger partial charge in [0.2, 0.25) is 0 Å². The van der Waals surface area contributed by atoms with E-state index in [0.29, 0.717) is 0 Å². The van der Waals surface area contributed by atoms with Crippen LogP contribution >= 0.6 is 0 Å². The van der Waals surface area contributed by atoms with Crippen LogP contribution in [0.25, 0.3) is 0 Å². The van der Waals surface area contributed by atoms with Crippen LogP contribution in [0.2, 0.25) is 0 Å². The van der Waals surface area contributed by atoms with E-state index in [4.69, 9.17) is 5.11 Å². The summed E-state index contributed by atoms with van der Waals surface area (Å²) in [6, 6.07) is 0. The van der Waals surface area contributed by atoms with E-state index in [9.17, 15) is 0 Å². The van der Waals surface area contributed by atoms with Crippen LogP contribution in [0.5, 0.6) is 0 Å². The Kier molecular flexibility index (Phi) is 306. The molecule has 0 radical (unpaired) electrons.